The molecule has 0 rings (SSSR count). The molecule has 11 heavy (non-hydrogen) atoms. The van der Waals surface area contributed by atoms with E-state index >= 15 is 0 Å². The van der Waals surface area contributed by atoms with E-state index in [4.69, 9.17) is 5.73 Å². The van der Waals surface area contributed by atoms with Crippen LogP contribution >= 0.6 is 0 Å². The van der Waals surface area contributed by atoms with E-state index < -0.39 is 11.7 Å². The highest BCUT2D eigenvalue weighted by atomic mass is 19.4. The van der Waals surface area contributed by atoms with Gasteiger partial charge < -0.3 is 5.73 Å². The van der Waals surface area contributed by atoms with Gasteiger partial charge >= 0.3 is 6.18 Å². The molecule has 0 saturated carbocycles. The third-order valence-electron chi connectivity index (χ3n) is 1.48. The SMILES string of the molecule is CC(C)CC(C)(N)C(F)(F)F. The summed E-state index contributed by atoms with van der Waals surface area (Å²) < 4.78 is 36.2. The molecule has 1 unspecified atom stereocenters. The van der Waals surface area contributed by atoms with Gasteiger partial charge in [-0.2, -0.15) is 13.2 Å². The minimum atomic E-state index is -4.29. The Labute approximate surface area is 64.8 Å². The van der Waals surface area contributed by atoms with E-state index in [1.807, 2.05) is 0 Å². The molecule has 2 N–H and O–H groups in total. The summed E-state index contributed by atoms with van der Waals surface area (Å²) in [7, 11) is 0. The highest BCUT2D eigenvalue weighted by Crippen LogP contribution is 2.32. The largest absolute Gasteiger partial charge is 0.406 e. The normalized spacial score (nSPS) is 18.5. The second kappa shape index (κ2) is 3.01. The molecule has 0 amide bonds. The standard InChI is InChI=1S/C7H14F3N/c1-5(2)4-6(3,11)7(8,9)10/h5H,4,11H2,1-3H3. The second-order valence-electron chi connectivity index (χ2n) is 3.51. The van der Waals surface area contributed by atoms with Crippen LogP contribution < -0.4 is 5.73 Å². The Morgan fingerprint density at radius 1 is 1.27 bits per heavy atom. The molecule has 1 atom stereocenters. The number of alkyl halides is 3. The van der Waals surface area contributed by atoms with Gasteiger partial charge in [-0.15, -0.1) is 0 Å². The lowest BCUT2D eigenvalue weighted by Crippen LogP contribution is -2.51. The lowest BCUT2D eigenvalue weighted by Gasteiger charge is -2.29. The first-order valence-electron chi connectivity index (χ1n) is 3.52. The Morgan fingerprint density at radius 3 is 1.73 bits per heavy atom. The molecule has 0 aromatic rings. The second-order valence-corrected chi connectivity index (χ2v) is 3.51. The molecular formula is C7H14F3N. The van der Waals surface area contributed by atoms with E-state index in [0.29, 0.717) is 0 Å². The zero-order valence-electron chi connectivity index (χ0n) is 7.00. The Kier molecular flexibility index (Phi) is 2.94. The molecule has 0 fully saturated rings. The highest BCUT2D eigenvalue weighted by Gasteiger charge is 2.47. The quantitative estimate of drug-likeness (QED) is 0.674. The van der Waals surface area contributed by atoms with Gasteiger partial charge in [0.25, 0.3) is 0 Å². The van der Waals surface area contributed by atoms with Crippen molar-refractivity contribution in [3.8, 4) is 0 Å². The first-order valence-corrected chi connectivity index (χ1v) is 3.52. The van der Waals surface area contributed by atoms with Crippen LogP contribution in [-0.2, 0) is 0 Å². The zero-order chi connectivity index (χ0) is 9.28. The average Bonchev–Trinajstić information content (AvgIpc) is 1.56. The van der Waals surface area contributed by atoms with Crippen LogP contribution in [0.2, 0.25) is 0 Å². The lowest BCUT2D eigenvalue weighted by molar-refractivity contribution is -0.184. The molecule has 0 aliphatic rings. The molecule has 4 heteroatoms. The zero-order valence-corrected chi connectivity index (χ0v) is 7.00. The monoisotopic (exact) mass is 169 g/mol. The molecule has 0 aromatic carbocycles. The van der Waals surface area contributed by atoms with Crippen LogP contribution in [0.4, 0.5) is 13.2 Å². The molecule has 0 aliphatic heterocycles. The Bertz CT molecular complexity index is 126. The maximum absolute atomic E-state index is 12.1. The molecule has 0 bridgehead atoms. The van der Waals surface area contributed by atoms with Gasteiger partial charge in [0.2, 0.25) is 0 Å². The third-order valence-corrected chi connectivity index (χ3v) is 1.48. The number of halogens is 3. The van der Waals surface area contributed by atoms with Crippen LogP contribution in [0.1, 0.15) is 27.2 Å². The van der Waals surface area contributed by atoms with Gasteiger partial charge in [-0.3, -0.25) is 0 Å². The number of nitrogens with two attached hydrogens (primary N) is 1. The lowest BCUT2D eigenvalue weighted by atomic mass is 9.91. The molecule has 0 spiro atoms. The van der Waals surface area contributed by atoms with E-state index in [9.17, 15) is 13.2 Å². The van der Waals surface area contributed by atoms with Crippen molar-refractivity contribution in [3.63, 3.8) is 0 Å². The summed E-state index contributed by atoms with van der Waals surface area (Å²) in [5, 5.41) is 0. The molecule has 68 valence electrons. The molecule has 0 aliphatic carbocycles. The summed E-state index contributed by atoms with van der Waals surface area (Å²) in [6, 6.07) is 0. The van der Waals surface area contributed by atoms with Crippen LogP contribution in [-0.4, -0.2) is 11.7 Å². The number of hydrogen-bond donors (Lipinski definition) is 1. The van der Waals surface area contributed by atoms with Crippen LogP contribution in [0.15, 0.2) is 0 Å². The van der Waals surface area contributed by atoms with Gasteiger partial charge in [-0.25, -0.2) is 0 Å². The summed E-state index contributed by atoms with van der Waals surface area (Å²) in [6.45, 7) is 4.46. The van der Waals surface area contributed by atoms with Crippen molar-refractivity contribution in [3.05, 3.63) is 0 Å². The highest BCUT2D eigenvalue weighted by molar-refractivity contribution is 4.87. The smallest absolute Gasteiger partial charge is 0.318 e. The van der Waals surface area contributed by atoms with Crippen LogP contribution in [0.5, 0.6) is 0 Å². The van der Waals surface area contributed by atoms with Crippen molar-refractivity contribution in [1.82, 2.24) is 0 Å². The van der Waals surface area contributed by atoms with Gasteiger partial charge in [0.15, 0.2) is 0 Å². The van der Waals surface area contributed by atoms with Crippen LogP contribution in [0, 0.1) is 5.92 Å². The molecule has 0 radical (unpaired) electrons. The molecular weight excluding hydrogens is 155 g/mol. The average molecular weight is 169 g/mol. The Morgan fingerprint density at radius 2 is 1.64 bits per heavy atom. The topological polar surface area (TPSA) is 26.0 Å². The maximum Gasteiger partial charge on any atom is 0.406 e. The summed E-state index contributed by atoms with van der Waals surface area (Å²) >= 11 is 0. The predicted molar refractivity (Wildman–Crippen MR) is 38.1 cm³/mol. The van der Waals surface area contributed by atoms with E-state index in [-0.39, 0.29) is 12.3 Å². The van der Waals surface area contributed by atoms with Gasteiger partial charge in [-0.1, -0.05) is 13.8 Å². The fourth-order valence-corrected chi connectivity index (χ4v) is 0.964. The van der Waals surface area contributed by atoms with Crippen molar-refractivity contribution in [2.75, 3.05) is 0 Å². The van der Waals surface area contributed by atoms with Crippen molar-refractivity contribution in [2.45, 2.75) is 38.9 Å². The first kappa shape index (κ1) is 10.8. The summed E-state index contributed by atoms with van der Waals surface area (Å²) in [6.07, 6.45) is -4.33. The van der Waals surface area contributed by atoms with Crippen molar-refractivity contribution >= 4 is 0 Å². The van der Waals surface area contributed by atoms with Gasteiger partial charge in [0, 0.05) is 0 Å². The van der Waals surface area contributed by atoms with Gasteiger partial charge in [-0.05, 0) is 19.3 Å². The Hall–Kier alpha value is -0.250. The number of hydrogen-bond acceptors (Lipinski definition) is 1. The van der Waals surface area contributed by atoms with Gasteiger partial charge in [0.05, 0.1) is 0 Å². The van der Waals surface area contributed by atoms with E-state index in [1.165, 1.54) is 0 Å². The van der Waals surface area contributed by atoms with E-state index in [1.54, 1.807) is 13.8 Å². The fourth-order valence-electron chi connectivity index (χ4n) is 0.964. The van der Waals surface area contributed by atoms with Crippen molar-refractivity contribution < 1.29 is 13.2 Å². The summed E-state index contributed by atoms with van der Waals surface area (Å²) in [5.74, 6) is -0.0355. The predicted octanol–water partition coefficient (Wildman–Crippen LogP) is 2.31. The first-order chi connectivity index (χ1) is 4.67. The molecule has 0 aromatic heterocycles. The molecule has 0 saturated heterocycles. The van der Waals surface area contributed by atoms with E-state index in [0.717, 1.165) is 6.92 Å². The minimum Gasteiger partial charge on any atom is -0.318 e. The summed E-state index contributed by atoms with van der Waals surface area (Å²) in [4.78, 5) is 0. The third kappa shape index (κ3) is 3.10. The van der Waals surface area contributed by atoms with Gasteiger partial charge in [0.1, 0.15) is 5.54 Å². The van der Waals surface area contributed by atoms with Crippen LogP contribution in [0.25, 0.3) is 0 Å². The van der Waals surface area contributed by atoms with Crippen molar-refractivity contribution in [1.29, 1.82) is 0 Å². The fraction of sp³-hybridized carbons (Fsp3) is 1.00. The summed E-state index contributed by atoms with van der Waals surface area (Å²) in [5.41, 5.74) is 3.03. The van der Waals surface area contributed by atoms with Crippen molar-refractivity contribution in [2.24, 2.45) is 11.7 Å². The number of rotatable bonds is 2. The Balaban J connectivity index is 4.22. The van der Waals surface area contributed by atoms with E-state index in [2.05, 4.69) is 0 Å². The molecule has 1 nitrogen and oxygen atoms in total. The maximum atomic E-state index is 12.1. The molecule has 0 heterocycles. The van der Waals surface area contributed by atoms with Crippen LogP contribution in [0.3, 0.4) is 0 Å². The minimum absolute atomic E-state index is 0.0312.